The van der Waals surface area contributed by atoms with Crippen LogP contribution in [0.5, 0.6) is 0 Å². The second-order valence-corrected chi connectivity index (χ2v) is 8.24. The fraction of sp³-hybridized carbons (Fsp3) is 0.944. The van der Waals surface area contributed by atoms with Crippen LogP contribution in [0.25, 0.3) is 0 Å². The van der Waals surface area contributed by atoms with Crippen molar-refractivity contribution in [3.05, 3.63) is 0 Å². The maximum absolute atomic E-state index is 12.7. The topological polar surface area (TPSA) is 52.3 Å². The van der Waals surface area contributed by atoms with Gasteiger partial charge in [-0.05, 0) is 61.7 Å². The van der Waals surface area contributed by atoms with E-state index < -0.39 is 0 Å². The molecule has 3 fully saturated rings. The van der Waals surface area contributed by atoms with E-state index in [0.717, 1.165) is 12.8 Å². The number of carbonyl (C=O) groups excluding carboxylic acids is 1. The lowest BCUT2D eigenvalue weighted by atomic mass is 9.75. The molecular formula is C18H31NO2. The number of esters is 1. The van der Waals surface area contributed by atoms with Crippen LogP contribution in [0, 0.1) is 35.5 Å². The second-order valence-electron chi connectivity index (χ2n) is 8.24. The maximum atomic E-state index is 12.7. The van der Waals surface area contributed by atoms with Gasteiger partial charge >= 0.3 is 5.97 Å². The quantitative estimate of drug-likeness (QED) is 0.812. The molecule has 120 valence electrons. The van der Waals surface area contributed by atoms with Crippen molar-refractivity contribution in [3.63, 3.8) is 0 Å². The molecule has 3 rings (SSSR count). The third-order valence-corrected chi connectivity index (χ3v) is 6.48. The van der Waals surface area contributed by atoms with Crippen molar-refractivity contribution in [1.82, 2.24) is 0 Å². The number of nitrogens with two attached hydrogens (primary N) is 1. The van der Waals surface area contributed by atoms with Crippen molar-refractivity contribution in [2.24, 2.45) is 41.2 Å². The van der Waals surface area contributed by atoms with E-state index in [0.29, 0.717) is 29.6 Å². The molecular weight excluding hydrogens is 262 g/mol. The van der Waals surface area contributed by atoms with Gasteiger partial charge in [0.2, 0.25) is 0 Å². The molecule has 3 saturated carbocycles. The molecule has 7 unspecified atom stereocenters. The molecule has 0 saturated heterocycles. The minimum Gasteiger partial charge on any atom is -0.462 e. The first-order valence-corrected chi connectivity index (χ1v) is 8.93. The van der Waals surface area contributed by atoms with Crippen LogP contribution >= 0.6 is 0 Å². The SMILES string of the molecule is CC1CCC(C(C)C)C(OC(=O)C2C3CCC(C3)C2N)C1. The van der Waals surface area contributed by atoms with Crippen LogP contribution in [0.3, 0.4) is 0 Å². The van der Waals surface area contributed by atoms with Crippen molar-refractivity contribution in [2.75, 3.05) is 0 Å². The van der Waals surface area contributed by atoms with E-state index in [1.54, 1.807) is 0 Å². The molecule has 0 aromatic carbocycles. The summed E-state index contributed by atoms with van der Waals surface area (Å²) in [5.41, 5.74) is 6.29. The Kier molecular flexibility index (Phi) is 4.31. The summed E-state index contributed by atoms with van der Waals surface area (Å²) in [6.45, 7) is 6.79. The van der Waals surface area contributed by atoms with E-state index in [1.165, 1.54) is 25.7 Å². The first-order valence-electron chi connectivity index (χ1n) is 8.93. The number of fused-ring (bicyclic) bond motifs is 2. The van der Waals surface area contributed by atoms with E-state index in [9.17, 15) is 4.79 Å². The highest BCUT2D eigenvalue weighted by atomic mass is 16.5. The molecule has 0 radical (unpaired) electrons. The van der Waals surface area contributed by atoms with Crippen LogP contribution in [0.2, 0.25) is 0 Å². The molecule has 0 amide bonds. The summed E-state index contributed by atoms with van der Waals surface area (Å²) in [6.07, 6.45) is 7.15. The van der Waals surface area contributed by atoms with Gasteiger partial charge in [-0.3, -0.25) is 4.79 Å². The summed E-state index contributed by atoms with van der Waals surface area (Å²) in [5, 5.41) is 0. The largest absolute Gasteiger partial charge is 0.462 e. The van der Waals surface area contributed by atoms with Gasteiger partial charge < -0.3 is 10.5 Å². The maximum Gasteiger partial charge on any atom is 0.311 e. The van der Waals surface area contributed by atoms with Gasteiger partial charge in [-0.1, -0.05) is 27.2 Å². The molecule has 0 spiro atoms. The van der Waals surface area contributed by atoms with Gasteiger partial charge in [0, 0.05) is 6.04 Å². The van der Waals surface area contributed by atoms with E-state index in [4.69, 9.17) is 10.5 Å². The van der Waals surface area contributed by atoms with Crippen LogP contribution in [0.15, 0.2) is 0 Å². The molecule has 0 aromatic heterocycles. The van der Waals surface area contributed by atoms with Gasteiger partial charge in [0.1, 0.15) is 6.10 Å². The molecule has 7 atom stereocenters. The average molecular weight is 293 g/mol. The standard InChI is InChI=1S/C18H31NO2/c1-10(2)14-7-4-11(3)8-15(14)21-18(20)16-12-5-6-13(9-12)17(16)19/h10-17H,4-9,19H2,1-3H3. The highest BCUT2D eigenvalue weighted by Gasteiger charge is 2.50. The van der Waals surface area contributed by atoms with Gasteiger partial charge in [-0.25, -0.2) is 0 Å². The first kappa shape index (κ1) is 15.3. The number of ether oxygens (including phenoxy) is 1. The Hall–Kier alpha value is -0.570. The lowest BCUT2D eigenvalue weighted by molar-refractivity contribution is -0.163. The van der Waals surface area contributed by atoms with E-state index in [2.05, 4.69) is 20.8 Å². The number of hydrogen-bond acceptors (Lipinski definition) is 3. The molecule has 3 aliphatic carbocycles. The van der Waals surface area contributed by atoms with Crippen molar-refractivity contribution in [3.8, 4) is 0 Å². The van der Waals surface area contributed by atoms with Crippen LogP contribution < -0.4 is 5.73 Å². The molecule has 21 heavy (non-hydrogen) atoms. The Labute approximate surface area is 129 Å². The van der Waals surface area contributed by atoms with Gasteiger partial charge in [-0.15, -0.1) is 0 Å². The highest BCUT2D eigenvalue weighted by Crippen LogP contribution is 2.48. The van der Waals surface area contributed by atoms with Crippen molar-refractivity contribution >= 4 is 5.97 Å². The summed E-state index contributed by atoms with van der Waals surface area (Å²) in [4.78, 5) is 12.7. The summed E-state index contributed by atoms with van der Waals surface area (Å²) >= 11 is 0. The highest BCUT2D eigenvalue weighted by molar-refractivity contribution is 5.74. The predicted octanol–water partition coefficient (Wildman–Crippen LogP) is 3.36. The molecule has 3 heteroatoms. The summed E-state index contributed by atoms with van der Waals surface area (Å²) in [7, 11) is 0. The van der Waals surface area contributed by atoms with Crippen LogP contribution in [0.1, 0.15) is 59.3 Å². The Balaban J connectivity index is 1.65. The normalized spacial score (nSPS) is 46.0. The molecule has 0 heterocycles. The summed E-state index contributed by atoms with van der Waals surface area (Å²) in [6, 6.07) is 0.0507. The van der Waals surface area contributed by atoms with Gasteiger partial charge in [-0.2, -0.15) is 0 Å². The lowest BCUT2D eigenvalue weighted by Gasteiger charge is -2.38. The van der Waals surface area contributed by atoms with E-state index in [-0.39, 0.29) is 24.0 Å². The van der Waals surface area contributed by atoms with Crippen molar-refractivity contribution < 1.29 is 9.53 Å². The summed E-state index contributed by atoms with van der Waals surface area (Å²) < 4.78 is 6.02. The Morgan fingerprint density at radius 1 is 1.10 bits per heavy atom. The molecule has 0 aliphatic heterocycles. The lowest BCUT2D eigenvalue weighted by Crippen LogP contribution is -2.44. The Morgan fingerprint density at radius 3 is 2.43 bits per heavy atom. The number of rotatable bonds is 3. The molecule has 3 aliphatic rings. The Morgan fingerprint density at radius 2 is 1.81 bits per heavy atom. The van der Waals surface area contributed by atoms with E-state index in [1.807, 2.05) is 0 Å². The zero-order valence-corrected chi connectivity index (χ0v) is 13.8. The molecule has 2 bridgehead atoms. The number of hydrogen-bond donors (Lipinski definition) is 1. The zero-order valence-electron chi connectivity index (χ0n) is 13.8. The van der Waals surface area contributed by atoms with Gasteiger partial charge in [0.05, 0.1) is 5.92 Å². The van der Waals surface area contributed by atoms with Crippen LogP contribution in [-0.4, -0.2) is 18.1 Å². The summed E-state index contributed by atoms with van der Waals surface area (Å²) in [5.74, 6) is 2.85. The third kappa shape index (κ3) is 2.86. The molecule has 0 aromatic rings. The van der Waals surface area contributed by atoms with Gasteiger partial charge in [0.25, 0.3) is 0 Å². The minimum absolute atomic E-state index is 0.0134. The molecule has 3 nitrogen and oxygen atoms in total. The first-order chi connectivity index (χ1) is 9.97. The third-order valence-electron chi connectivity index (χ3n) is 6.48. The van der Waals surface area contributed by atoms with Crippen LogP contribution in [0.4, 0.5) is 0 Å². The zero-order chi connectivity index (χ0) is 15.1. The fourth-order valence-electron chi connectivity index (χ4n) is 5.16. The molecule has 2 N–H and O–H groups in total. The average Bonchev–Trinajstić information content (AvgIpc) is 2.98. The van der Waals surface area contributed by atoms with Gasteiger partial charge in [0.15, 0.2) is 0 Å². The number of carbonyl (C=O) groups is 1. The smallest absolute Gasteiger partial charge is 0.311 e. The van der Waals surface area contributed by atoms with E-state index >= 15 is 0 Å². The fourth-order valence-corrected chi connectivity index (χ4v) is 5.16. The minimum atomic E-state index is -0.0196. The van der Waals surface area contributed by atoms with Crippen LogP contribution in [-0.2, 0) is 9.53 Å². The Bertz CT molecular complexity index is 393. The van der Waals surface area contributed by atoms with Crippen molar-refractivity contribution in [1.29, 1.82) is 0 Å². The predicted molar refractivity (Wildman–Crippen MR) is 83.5 cm³/mol. The van der Waals surface area contributed by atoms with Crippen molar-refractivity contribution in [2.45, 2.75) is 71.4 Å². The monoisotopic (exact) mass is 293 g/mol. The second kappa shape index (κ2) is 5.91.